The number of halogens is 6. The van der Waals surface area contributed by atoms with Gasteiger partial charge in [0.15, 0.2) is 0 Å². The second kappa shape index (κ2) is 11.0. The molecule has 2 nitrogen and oxygen atoms in total. The van der Waals surface area contributed by atoms with Gasteiger partial charge in [-0.3, -0.25) is 4.79 Å². The van der Waals surface area contributed by atoms with Gasteiger partial charge < -0.3 is 4.90 Å². The monoisotopic (exact) mass is 391 g/mol. The number of amides is 1. The first kappa shape index (κ1) is 25.1. The average molecular weight is 391 g/mol. The molecule has 0 heterocycles. The molecule has 0 aromatic carbocycles. The third kappa shape index (κ3) is 6.34. The molecular weight excluding hydrogens is 360 g/mol. The summed E-state index contributed by atoms with van der Waals surface area (Å²) in [7, 11) is 0. The molecule has 8 heteroatoms. The molecule has 0 fully saturated rings. The predicted octanol–water partition coefficient (Wildman–Crippen LogP) is 6.50. The molecule has 0 aliphatic carbocycles. The standard InChI is InChI=1S/C18H31F6NO/c1-4-7-9-11-13-25(14-12-10-8-5-2)15(26)16(6-3,17(19,20)21)18(22,23)24/h4-14H2,1-3H3. The Balaban J connectivity index is 5.51. The summed E-state index contributed by atoms with van der Waals surface area (Å²) in [4.78, 5) is 13.3. The molecule has 0 atom stereocenters. The first-order valence-corrected chi connectivity index (χ1v) is 9.42. The summed E-state index contributed by atoms with van der Waals surface area (Å²) in [5, 5.41) is 0. The zero-order valence-electron chi connectivity index (χ0n) is 15.9. The molecule has 0 aromatic heterocycles. The lowest BCUT2D eigenvalue weighted by atomic mass is 9.81. The van der Waals surface area contributed by atoms with E-state index in [4.69, 9.17) is 0 Å². The van der Waals surface area contributed by atoms with Crippen LogP contribution in [0.1, 0.15) is 78.6 Å². The van der Waals surface area contributed by atoms with Gasteiger partial charge in [-0.2, -0.15) is 26.3 Å². The fourth-order valence-electron chi connectivity index (χ4n) is 3.00. The Morgan fingerprint density at radius 2 is 1.08 bits per heavy atom. The van der Waals surface area contributed by atoms with Crippen LogP contribution in [-0.2, 0) is 4.79 Å². The number of hydrogen-bond acceptors (Lipinski definition) is 1. The lowest BCUT2D eigenvalue weighted by Gasteiger charge is -2.39. The zero-order valence-corrected chi connectivity index (χ0v) is 15.9. The summed E-state index contributed by atoms with van der Waals surface area (Å²) in [5.74, 6) is -1.85. The smallest absolute Gasteiger partial charge is 0.342 e. The quantitative estimate of drug-likeness (QED) is 0.275. The largest absolute Gasteiger partial charge is 0.412 e. The van der Waals surface area contributed by atoms with Crippen molar-refractivity contribution < 1.29 is 31.1 Å². The molecule has 156 valence electrons. The fraction of sp³-hybridized carbons (Fsp3) is 0.944. The maximum Gasteiger partial charge on any atom is 0.412 e. The Bertz CT molecular complexity index is 379. The van der Waals surface area contributed by atoms with E-state index in [1.54, 1.807) is 0 Å². The fourth-order valence-corrected chi connectivity index (χ4v) is 3.00. The van der Waals surface area contributed by atoms with Crippen LogP contribution in [0, 0.1) is 5.41 Å². The van der Waals surface area contributed by atoms with Gasteiger partial charge >= 0.3 is 12.4 Å². The molecule has 0 saturated carbocycles. The van der Waals surface area contributed by atoms with Crippen molar-refractivity contribution in [2.75, 3.05) is 13.1 Å². The molecule has 1 amide bonds. The van der Waals surface area contributed by atoms with Crippen molar-refractivity contribution in [3.05, 3.63) is 0 Å². The number of carbonyl (C=O) groups excluding carboxylic acids is 1. The maximum atomic E-state index is 13.4. The molecule has 0 spiro atoms. The molecule has 0 aromatic rings. The van der Waals surface area contributed by atoms with E-state index in [9.17, 15) is 31.1 Å². The first-order chi connectivity index (χ1) is 12.0. The van der Waals surface area contributed by atoms with Crippen molar-refractivity contribution in [1.29, 1.82) is 0 Å². The third-order valence-corrected chi connectivity index (χ3v) is 4.71. The van der Waals surface area contributed by atoms with Crippen molar-refractivity contribution in [3.8, 4) is 0 Å². The highest BCUT2D eigenvalue weighted by Crippen LogP contribution is 2.53. The van der Waals surface area contributed by atoms with E-state index in [0.717, 1.165) is 37.5 Å². The molecule has 0 saturated heterocycles. The van der Waals surface area contributed by atoms with Gasteiger partial charge in [-0.05, 0) is 19.3 Å². The molecular formula is C18H31F6NO. The minimum Gasteiger partial charge on any atom is -0.342 e. The van der Waals surface area contributed by atoms with E-state index in [2.05, 4.69) is 0 Å². The summed E-state index contributed by atoms with van der Waals surface area (Å²) in [6, 6.07) is 0. The second-order valence-electron chi connectivity index (χ2n) is 6.67. The van der Waals surface area contributed by atoms with E-state index >= 15 is 0 Å². The molecule has 0 N–H and O–H groups in total. The normalized spacial score (nSPS) is 13.1. The number of alkyl halides is 6. The van der Waals surface area contributed by atoms with Crippen LogP contribution in [0.3, 0.4) is 0 Å². The van der Waals surface area contributed by atoms with Crippen molar-refractivity contribution in [3.63, 3.8) is 0 Å². The van der Waals surface area contributed by atoms with Gasteiger partial charge in [0.25, 0.3) is 0 Å². The molecule has 0 bridgehead atoms. The van der Waals surface area contributed by atoms with Crippen LogP contribution in [0.15, 0.2) is 0 Å². The predicted molar refractivity (Wildman–Crippen MR) is 89.7 cm³/mol. The lowest BCUT2D eigenvalue weighted by Crippen LogP contribution is -2.60. The summed E-state index contributed by atoms with van der Waals surface area (Å²) in [5.41, 5.74) is -4.32. The summed E-state index contributed by atoms with van der Waals surface area (Å²) in [6.07, 6.45) is -7.12. The van der Waals surface area contributed by atoms with E-state index in [-0.39, 0.29) is 13.1 Å². The first-order valence-electron chi connectivity index (χ1n) is 9.42. The van der Waals surface area contributed by atoms with Crippen molar-refractivity contribution in [2.45, 2.75) is 90.9 Å². The Labute approximate surface area is 152 Å². The maximum absolute atomic E-state index is 13.4. The van der Waals surface area contributed by atoms with Gasteiger partial charge in [0, 0.05) is 13.1 Å². The highest BCUT2D eigenvalue weighted by atomic mass is 19.4. The van der Waals surface area contributed by atoms with Crippen LogP contribution in [0.2, 0.25) is 0 Å². The van der Waals surface area contributed by atoms with Gasteiger partial charge in [0.05, 0.1) is 0 Å². The van der Waals surface area contributed by atoms with Gasteiger partial charge in [-0.25, -0.2) is 0 Å². The molecule has 0 radical (unpaired) electrons. The lowest BCUT2D eigenvalue weighted by molar-refractivity contribution is -0.329. The second-order valence-corrected chi connectivity index (χ2v) is 6.67. The summed E-state index contributed by atoms with van der Waals surface area (Å²) >= 11 is 0. The highest BCUT2D eigenvalue weighted by Gasteiger charge is 2.74. The highest BCUT2D eigenvalue weighted by molar-refractivity contribution is 5.84. The number of hydrogen-bond donors (Lipinski definition) is 0. The SMILES string of the molecule is CCCCCCN(CCCCCC)C(=O)C(CC)(C(F)(F)F)C(F)(F)F. The average Bonchev–Trinajstić information content (AvgIpc) is 2.51. The Hall–Kier alpha value is -0.950. The Morgan fingerprint density at radius 1 is 0.692 bits per heavy atom. The van der Waals surface area contributed by atoms with Crippen molar-refractivity contribution in [2.24, 2.45) is 5.41 Å². The van der Waals surface area contributed by atoms with Crippen LogP contribution >= 0.6 is 0 Å². The summed E-state index contributed by atoms with van der Waals surface area (Å²) < 4.78 is 80.4. The molecule has 0 unspecified atom stereocenters. The Kier molecular flexibility index (Phi) is 10.6. The van der Waals surface area contributed by atoms with Gasteiger partial charge in [-0.15, -0.1) is 0 Å². The van der Waals surface area contributed by atoms with Gasteiger partial charge in [-0.1, -0.05) is 59.3 Å². The van der Waals surface area contributed by atoms with E-state index < -0.39 is 30.1 Å². The molecule has 0 aliphatic rings. The topological polar surface area (TPSA) is 20.3 Å². The van der Waals surface area contributed by atoms with E-state index in [1.807, 2.05) is 13.8 Å². The van der Waals surface area contributed by atoms with Crippen LogP contribution in [0.25, 0.3) is 0 Å². The number of unbranched alkanes of at least 4 members (excludes halogenated alkanes) is 6. The minimum absolute atomic E-state index is 0.0706. The number of rotatable bonds is 12. The molecule has 26 heavy (non-hydrogen) atoms. The molecule has 0 aliphatic heterocycles. The van der Waals surface area contributed by atoms with Crippen LogP contribution in [0.4, 0.5) is 26.3 Å². The number of nitrogens with zero attached hydrogens (tertiary/aromatic N) is 1. The third-order valence-electron chi connectivity index (χ3n) is 4.71. The Morgan fingerprint density at radius 3 is 1.35 bits per heavy atom. The van der Waals surface area contributed by atoms with E-state index in [1.165, 1.54) is 0 Å². The van der Waals surface area contributed by atoms with Gasteiger partial charge in [0.1, 0.15) is 0 Å². The van der Waals surface area contributed by atoms with Crippen LogP contribution in [0.5, 0.6) is 0 Å². The van der Waals surface area contributed by atoms with Crippen LogP contribution in [-0.4, -0.2) is 36.2 Å². The zero-order chi connectivity index (χ0) is 20.4. The van der Waals surface area contributed by atoms with Crippen LogP contribution < -0.4 is 0 Å². The molecule has 0 rings (SSSR count). The van der Waals surface area contributed by atoms with Crippen molar-refractivity contribution in [1.82, 2.24) is 4.90 Å². The van der Waals surface area contributed by atoms with Gasteiger partial charge in [0.2, 0.25) is 11.3 Å². The number of carbonyl (C=O) groups is 1. The summed E-state index contributed by atoms with van der Waals surface area (Å²) in [6.45, 7) is 4.52. The minimum atomic E-state index is -5.68. The van der Waals surface area contributed by atoms with E-state index in [0.29, 0.717) is 25.7 Å². The van der Waals surface area contributed by atoms with Crippen molar-refractivity contribution >= 4 is 5.91 Å².